The second-order valence-electron chi connectivity index (χ2n) is 6.28. The molecule has 1 amide bonds. The molecule has 0 aliphatic heterocycles. The maximum atomic E-state index is 12.5. The van der Waals surface area contributed by atoms with E-state index in [1.54, 1.807) is 42.5 Å². The number of carbonyl (C=O) groups is 1. The maximum absolute atomic E-state index is 12.5. The molecule has 1 N–H and O–H groups in total. The van der Waals surface area contributed by atoms with Crippen molar-refractivity contribution in [2.24, 2.45) is 0 Å². The Kier molecular flexibility index (Phi) is 6.63. The predicted molar refractivity (Wildman–Crippen MR) is 109 cm³/mol. The van der Waals surface area contributed by atoms with Crippen LogP contribution in [0.1, 0.15) is 24.2 Å². The Bertz CT molecular complexity index is 906. The summed E-state index contributed by atoms with van der Waals surface area (Å²) >= 11 is 0. The lowest BCUT2D eigenvalue weighted by Gasteiger charge is -2.20. The molecule has 0 bridgehead atoms. The molecule has 0 unspecified atom stereocenters. The summed E-state index contributed by atoms with van der Waals surface area (Å²) in [5.74, 6) is 0.379. The average Bonchev–Trinajstić information content (AvgIpc) is 2.58. The van der Waals surface area contributed by atoms with Crippen LogP contribution in [-0.2, 0) is 10.0 Å². The van der Waals surface area contributed by atoms with Gasteiger partial charge in [-0.1, -0.05) is 12.1 Å². The van der Waals surface area contributed by atoms with Crippen LogP contribution < -0.4 is 14.4 Å². The molecule has 2 aromatic carbocycles. The molecule has 27 heavy (non-hydrogen) atoms. The van der Waals surface area contributed by atoms with Gasteiger partial charge in [0.15, 0.2) is 0 Å². The van der Waals surface area contributed by atoms with Gasteiger partial charge < -0.3 is 10.1 Å². The Morgan fingerprint density at radius 1 is 1.22 bits per heavy atom. The van der Waals surface area contributed by atoms with Crippen molar-refractivity contribution in [2.45, 2.75) is 20.0 Å². The third kappa shape index (κ3) is 5.86. The van der Waals surface area contributed by atoms with Crippen LogP contribution in [0.25, 0.3) is 0 Å². The fraction of sp³-hybridized carbons (Fsp3) is 0.250. The number of rotatable bonds is 8. The number of hydrogen-bond donors (Lipinski definition) is 1. The number of carbonyl (C=O) groups excluding carboxylic acids is 1. The number of benzene rings is 2. The third-order valence-corrected chi connectivity index (χ3v) is 4.74. The minimum absolute atomic E-state index is 0.0388. The molecule has 0 saturated heterocycles. The molecule has 0 aliphatic carbocycles. The van der Waals surface area contributed by atoms with E-state index < -0.39 is 10.0 Å². The number of ether oxygens (including phenoxy) is 1. The van der Waals surface area contributed by atoms with Gasteiger partial charge in [-0.3, -0.25) is 9.10 Å². The molecule has 0 fully saturated rings. The molecule has 0 aromatic heterocycles. The van der Waals surface area contributed by atoms with Gasteiger partial charge in [0.25, 0.3) is 5.91 Å². The first kappa shape index (κ1) is 20.5. The summed E-state index contributed by atoms with van der Waals surface area (Å²) in [5, 5.41) is 2.81. The predicted octanol–water partition coefficient (Wildman–Crippen LogP) is 3.68. The van der Waals surface area contributed by atoms with Gasteiger partial charge in [-0.25, -0.2) is 8.42 Å². The molecule has 0 saturated carbocycles. The SMILES string of the molecule is C=CCN(c1ccc(C(=O)Nc2cccc(OC(C)C)c2)cc1)S(C)(=O)=O. The number of anilines is 2. The Hall–Kier alpha value is -2.80. The molecule has 0 atom stereocenters. The van der Waals surface area contributed by atoms with Crippen molar-refractivity contribution in [3.63, 3.8) is 0 Å². The van der Waals surface area contributed by atoms with Crippen molar-refractivity contribution in [1.29, 1.82) is 0 Å². The van der Waals surface area contributed by atoms with Crippen molar-refractivity contribution < 1.29 is 17.9 Å². The lowest BCUT2D eigenvalue weighted by atomic mass is 10.2. The first-order chi connectivity index (χ1) is 12.7. The third-order valence-electron chi connectivity index (χ3n) is 3.58. The van der Waals surface area contributed by atoms with Crippen LogP contribution in [0, 0.1) is 0 Å². The van der Waals surface area contributed by atoms with Crippen molar-refractivity contribution in [3.05, 3.63) is 66.7 Å². The topological polar surface area (TPSA) is 75.7 Å². The zero-order valence-electron chi connectivity index (χ0n) is 15.7. The Balaban J connectivity index is 2.15. The van der Waals surface area contributed by atoms with Gasteiger partial charge in [0.1, 0.15) is 5.75 Å². The smallest absolute Gasteiger partial charge is 0.255 e. The number of hydrogen-bond acceptors (Lipinski definition) is 4. The van der Waals surface area contributed by atoms with Crippen molar-refractivity contribution in [3.8, 4) is 5.75 Å². The minimum atomic E-state index is -3.43. The van der Waals surface area contributed by atoms with Gasteiger partial charge in [0.2, 0.25) is 10.0 Å². The summed E-state index contributed by atoms with van der Waals surface area (Å²) in [6.07, 6.45) is 2.67. The van der Waals surface area contributed by atoms with E-state index in [0.29, 0.717) is 22.7 Å². The highest BCUT2D eigenvalue weighted by atomic mass is 32.2. The zero-order valence-corrected chi connectivity index (χ0v) is 16.5. The molecular weight excluding hydrogens is 364 g/mol. The van der Waals surface area contributed by atoms with E-state index in [4.69, 9.17) is 4.74 Å². The van der Waals surface area contributed by atoms with Crippen LogP contribution in [0.3, 0.4) is 0 Å². The number of amides is 1. The standard InChI is InChI=1S/C20H24N2O4S/c1-5-13-22(27(4,24)25)18-11-9-16(10-12-18)20(23)21-17-7-6-8-19(14-17)26-15(2)3/h5-12,14-15H,1,13H2,2-4H3,(H,21,23). The van der Waals surface area contributed by atoms with E-state index in [1.807, 2.05) is 19.9 Å². The maximum Gasteiger partial charge on any atom is 0.255 e. The number of sulfonamides is 1. The molecule has 2 aromatic rings. The Morgan fingerprint density at radius 3 is 2.44 bits per heavy atom. The monoisotopic (exact) mass is 388 g/mol. The summed E-state index contributed by atoms with van der Waals surface area (Å²) in [7, 11) is -3.43. The largest absolute Gasteiger partial charge is 0.491 e. The van der Waals surface area contributed by atoms with Crippen molar-refractivity contribution >= 4 is 27.3 Å². The summed E-state index contributed by atoms with van der Waals surface area (Å²) in [4.78, 5) is 12.5. The minimum Gasteiger partial charge on any atom is -0.491 e. The Morgan fingerprint density at radius 2 is 1.89 bits per heavy atom. The quantitative estimate of drug-likeness (QED) is 0.700. The molecule has 0 spiro atoms. The van der Waals surface area contributed by atoms with E-state index in [0.717, 1.165) is 6.26 Å². The van der Waals surface area contributed by atoms with E-state index in [-0.39, 0.29) is 18.6 Å². The second-order valence-corrected chi connectivity index (χ2v) is 8.19. The zero-order chi connectivity index (χ0) is 20.0. The van der Waals surface area contributed by atoms with E-state index in [2.05, 4.69) is 11.9 Å². The molecule has 144 valence electrons. The number of nitrogens with zero attached hydrogens (tertiary/aromatic N) is 1. The highest BCUT2D eigenvalue weighted by Crippen LogP contribution is 2.21. The highest BCUT2D eigenvalue weighted by molar-refractivity contribution is 7.92. The van der Waals surface area contributed by atoms with Crippen LogP contribution in [0.15, 0.2) is 61.2 Å². The summed E-state index contributed by atoms with van der Waals surface area (Å²) < 4.78 is 30.6. The fourth-order valence-electron chi connectivity index (χ4n) is 2.45. The van der Waals surface area contributed by atoms with Gasteiger partial charge in [-0.15, -0.1) is 6.58 Å². The van der Waals surface area contributed by atoms with E-state index >= 15 is 0 Å². The molecule has 0 radical (unpaired) electrons. The molecular formula is C20H24N2O4S. The first-order valence-corrected chi connectivity index (χ1v) is 10.3. The van der Waals surface area contributed by atoms with Crippen molar-refractivity contribution in [1.82, 2.24) is 0 Å². The lowest BCUT2D eigenvalue weighted by molar-refractivity contribution is 0.102. The number of nitrogens with one attached hydrogen (secondary N) is 1. The summed E-state index contributed by atoms with van der Waals surface area (Å²) in [6, 6.07) is 13.5. The van der Waals surface area contributed by atoms with Crippen LogP contribution >= 0.6 is 0 Å². The fourth-order valence-corrected chi connectivity index (χ4v) is 3.33. The van der Waals surface area contributed by atoms with Crippen LogP contribution in [0.2, 0.25) is 0 Å². The van der Waals surface area contributed by atoms with Crippen LogP contribution in [0.4, 0.5) is 11.4 Å². The molecule has 6 nitrogen and oxygen atoms in total. The van der Waals surface area contributed by atoms with Gasteiger partial charge in [-0.2, -0.15) is 0 Å². The molecule has 0 heterocycles. The summed E-state index contributed by atoms with van der Waals surface area (Å²) in [5.41, 5.74) is 1.51. The van der Waals surface area contributed by atoms with Gasteiger partial charge >= 0.3 is 0 Å². The van der Waals surface area contributed by atoms with Crippen molar-refractivity contribution in [2.75, 3.05) is 22.4 Å². The van der Waals surface area contributed by atoms with Crippen LogP contribution in [0.5, 0.6) is 5.75 Å². The normalized spacial score (nSPS) is 11.1. The van der Waals surface area contributed by atoms with Gasteiger partial charge in [0, 0.05) is 17.3 Å². The second kappa shape index (κ2) is 8.73. The first-order valence-electron chi connectivity index (χ1n) is 8.47. The molecule has 7 heteroatoms. The average molecular weight is 388 g/mol. The van der Waals surface area contributed by atoms with Crippen LogP contribution in [-0.4, -0.2) is 33.2 Å². The van der Waals surface area contributed by atoms with Gasteiger partial charge in [-0.05, 0) is 50.2 Å². The molecule has 0 aliphatic rings. The Labute approximate surface area is 160 Å². The highest BCUT2D eigenvalue weighted by Gasteiger charge is 2.16. The summed E-state index contributed by atoms with van der Waals surface area (Å²) in [6.45, 7) is 7.60. The lowest BCUT2D eigenvalue weighted by Crippen LogP contribution is -2.29. The van der Waals surface area contributed by atoms with E-state index in [1.165, 1.54) is 10.4 Å². The molecule has 2 rings (SSSR count). The van der Waals surface area contributed by atoms with E-state index in [9.17, 15) is 13.2 Å². The van der Waals surface area contributed by atoms with Gasteiger partial charge in [0.05, 0.1) is 24.6 Å².